The van der Waals surface area contributed by atoms with Crippen LogP contribution in [0.15, 0.2) is 41.3 Å². The predicted octanol–water partition coefficient (Wildman–Crippen LogP) is 2.38. The van der Waals surface area contributed by atoms with Crippen LogP contribution in [0.1, 0.15) is 0 Å². The van der Waals surface area contributed by atoms with E-state index in [1.807, 2.05) is 18.2 Å². The van der Waals surface area contributed by atoms with Gasteiger partial charge in [0, 0.05) is 11.6 Å². The lowest BCUT2D eigenvalue weighted by atomic mass is 10.2. The monoisotopic (exact) mass is 170 g/mol. The van der Waals surface area contributed by atoms with Gasteiger partial charge < -0.3 is 4.42 Å². The molecule has 3 heterocycles. The van der Waals surface area contributed by atoms with Crippen LogP contribution in [0.4, 0.5) is 0 Å². The molecule has 3 aromatic rings. The molecule has 0 N–H and O–H groups in total. The molecule has 62 valence electrons. The van der Waals surface area contributed by atoms with E-state index in [0.29, 0.717) is 0 Å². The zero-order valence-corrected chi connectivity index (χ0v) is 6.77. The Balaban J connectivity index is 2.65. The highest BCUT2D eigenvalue weighted by atomic mass is 16.3. The Labute approximate surface area is 74.0 Å². The van der Waals surface area contributed by atoms with Gasteiger partial charge in [0.2, 0.25) is 0 Å². The van der Waals surface area contributed by atoms with E-state index < -0.39 is 0 Å². The highest BCUT2D eigenvalue weighted by Gasteiger charge is 2.03. The highest BCUT2D eigenvalue weighted by Crippen LogP contribution is 2.21. The van der Waals surface area contributed by atoms with Crippen LogP contribution in [-0.4, -0.2) is 9.97 Å². The molecule has 0 spiro atoms. The van der Waals surface area contributed by atoms with E-state index in [0.717, 1.165) is 22.0 Å². The Kier molecular flexibility index (Phi) is 1.16. The summed E-state index contributed by atoms with van der Waals surface area (Å²) in [5, 5.41) is 1.02. The molecule has 0 aliphatic heterocycles. The van der Waals surface area contributed by atoms with Gasteiger partial charge >= 0.3 is 0 Å². The zero-order chi connectivity index (χ0) is 8.67. The number of furan rings is 1. The van der Waals surface area contributed by atoms with Gasteiger partial charge in [-0.2, -0.15) is 0 Å². The molecule has 3 nitrogen and oxygen atoms in total. The number of hydrogen-bond acceptors (Lipinski definition) is 3. The first-order valence-corrected chi connectivity index (χ1v) is 4.02. The molecule has 3 heteroatoms. The first-order valence-electron chi connectivity index (χ1n) is 4.02. The van der Waals surface area contributed by atoms with Crippen molar-refractivity contribution in [3.63, 3.8) is 0 Å². The van der Waals surface area contributed by atoms with Crippen LogP contribution in [0.2, 0.25) is 0 Å². The van der Waals surface area contributed by atoms with Crippen LogP contribution in [0, 0.1) is 0 Å². The van der Waals surface area contributed by atoms with Gasteiger partial charge in [0.15, 0.2) is 5.58 Å². The topological polar surface area (TPSA) is 38.9 Å². The molecule has 0 aliphatic carbocycles. The Morgan fingerprint density at radius 2 is 2.15 bits per heavy atom. The molecule has 0 aromatic carbocycles. The van der Waals surface area contributed by atoms with E-state index in [9.17, 15) is 0 Å². The molecule has 13 heavy (non-hydrogen) atoms. The summed E-state index contributed by atoms with van der Waals surface area (Å²) in [6.45, 7) is 0. The number of rotatable bonds is 0. The minimum absolute atomic E-state index is 0.784. The average Bonchev–Trinajstić information content (AvgIpc) is 2.65. The third-order valence-corrected chi connectivity index (χ3v) is 2.06. The minimum atomic E-state index is 0.784. The van der Waals surface area contributed by atoms with Crippen molar-refractivity contribution in [3.8, 4) is 0 Å². The maximum Gasteiger partial charge on any atom is 0.154 e. The summed E-state index contributed by atoms with van der Waals surface area (Å²) in [4.78, 5) is 8.48. The quantitative estimate of drug-likeness (QED) is 0.520. The Bertz CT molecular complexity index is 571. The molecule has 0 amide bonds. The lowest BCUT2D eigenvalue weighted by Crippen LogP contribution is -1.81. The standard InChI is InChI=1S/C10H6N2O/c1-2-8-10(11-4-1)7-3-5-13-9(7)6-12-8/h1-6H. The van der Waals surface area contributed by atoms with E-state index in [-0.39, 0.29) is 0 Å². The summed E-state index contributed by atoms with van der Waals surface area (Å²) in [5.74, 6) is 0. The molecular formula is C10H6N2O. The summed E-state index contributed by atoms with van der Waals surface area (Å²) < 4.78 is 5.22. The van der Waals surface area contributed by atoms with E-state index in [1.165, 1.54) is 0 Å². The summed E-state index contributed by atoms with van der Waals surface area (Å²) in [6.07, 6.45) is 5.14. The number of nitrogens with zero attached hydrogens (tertiary/aromatic N) is 2. The average molecular weight is 170 g/mol. The van der Waals surface area contributed by atoms with Gasteiger partial charge in [0.25, 0.3) is 0 Å². The number of aromatic nitrogens is 2. The Morgan fingerprint density at radius 1 is 1.15 bits per heavy atom. The van der Waals surface area contributed by atoms with Crippen molar-refractivity contribution in [1.29, 1.82) is 0 Å². The van der Waals surface area contributed by atoms with Crippen LogP contribution in [0.25, 0.3) is 22.0 Å². The molecule has 0 radical (unpaired) electrons. The zero-order valence-electron chi connectivity index (χ0n) is 6.77. The minimum Gasteiger partial charge on any atom is -0.463 e. The van der Waals surface area contributed by atoms with Crippen molar-refractivity contribution in [2.45, 2.75) is 0 Å². The second kappa shape index (κ2) is 2.29. The molecule has 3 aromatic heterocycles. The van der Waals surface area contributed by atoms with Gasteiger partial charge in [-0.3, -0.25) is 9.97 Å². The fourth-order valence-electron chi connectivity index (χ4n) is 1.45. The van der Waals surface area contributed by atoms with Crippen molar-refractivity contribution in [2.75, 3.05) is 0 Å². The molecule has 0 unspecified atom stereocenters. The van der Waals surface area contributed by atoms with Crippen LogP contribution in [0.5, 0.6) is 0 Å². The van der Waals surface area contributed by atoms with Crippen molar-refractivity contribution in [2.24, 2.45) is 0 Å². The van der Waals surface area contributed by atoms with Gasteiger partial charge in [0.05, 0.1) is 23.5 Å². The van der Waals surface area contributed by atoms with Gasteiger partial charge in [-0.25, -0.2) is 0 Å². The van der Waals surface area contributed by atoms with Gasteiger partial charge in [-0.1, -0.05) is 0 Å². The second-order valence-electron chi connectivity index (χ2n) is 2.83. The number of hydrogen-bond donors (Lipinski definition) is 0. The molecule has 3 rings (SSSR count). The van der Waals surface area contributed by atoms with Crippen LogP contribution < -0.4 is 0 Å². The van der Waals surface area contributed by atoms with Crippen LogP contribution in [0.3, 0.4) is 0 Å². The highest BCUT2D eigenvalue weighted by molar-refractivity contribution is 6.00. The summed E-state index contributed by atoms with van der Waals surface area (Å²) in [7, 11) is 0. The summed E-state index contributed by atoms with van der Waals surface area (Å²) >= 11 is 0. The first-order chi connectivity index (χ1) is 6.45. The van der Waals surface area contributed by atoms with Crippen molar-refractivity contribution in [3.05, 3.63) is 36.9 Å². The third kappa shape index (κ3) is 0.839. The summed E-state index contributed by atoms with van der Waals surface area (Å²) in [5.41, 5.74) is 2.58. The Morgan fingerprint density at radius 3 is 3.15 bits per heavy atom. The number of pyridine rings is 2. The molecule has 0 bridgehead atoms. The number of fused-ring (bicyclic) bond motifs is 3. The van der Waals surface area contributed by atoms with E-state index in [1.54, 1.807) is 18.7 Å². The van der Waals surface area contributed by atoms with Gasteiger partial charge in [-0.05, 0) is 18.2 Å². The molecule has 0 aliphatic rings. The fraction of sp³-hybridized carbons (Fsp3) is 0. The second-order valence-corrected chi connectivity index (χ2v) is 2.83. The van der Waals surface area contributed by atoms with Crippen molar-refractivity contribution >= 4 is 22.0 Å². The van der Waals surface area contributed by atoms with E-state index in [4.69, 9.17) is 4.42 Å². The maximum absolute atomic E-state index is 5.22. The third-order valence-electron chi connectivity index (χ3n) is 2.06. The SMILES string of the molecule is c1cnc2c(c1)ncc1occc12. The van der Waals surface area contributed by atoms with Gasteiger partial charge in [-0.15, -0.1) is 0 Å². The maximum atomic E-state index is 5.22. The van der Waals surface area contributed by atoms with E-state index in [2.05, 4.69) is 9.97 Å². The Hall–Kier alpha value is -1.90. The fourth-order valence-corrected chi connectivity index (χ4v) is 1.45. The first kappa shape index (κ1) is 6.60. The van der Waals surface area contributed by atoms with Crippen molar-refractivity contribution in [1.82, 2.24) is 9.97 Å². The lowest BCUT2D eigenvalue weighted by Gasteiger charge is -1.94. The van der Waals surface area contributed by atoms with Crippen LogP contribution in [-0.2, 0) is 0 Å². The smallest absolute Gasteiger partial charge is 0.154 e. The normalized spacial score (nSPS) is 11.1. The summed E-state index contributed by atoms with van der Waals surface area (Å²) in [6, 6.07) is 5.72. The molecular weight excluding hydrogens is 164 g/mol. The molecule has 0 fully saturated rings. The molecule has 0 saturated heterocycles. The predicted molar refractivity (Wildman–Crippen MR) is 49.3 cm³/mol. The van der Waals surface area contributed by atoms with Crippen molar-refractivity contribution < 1.29 is 4.42 Å². The van der Waals surface area contributed by atoms with E-state index >= 15 is 0 Å². The molecule has 0 atom stereocenters. The lowest BCUT2D eigenvalue weighted by molar-refractivity contribution is 0.614. The van der Waals surface area contributed by atoms with Gasteiger partial charge in [0.1, 0.15) is 0 Å². The largest absolute Gasteiger partial charge is 0.463 e. The molecule has 0 saturated carbocycles. The van der Waals surface area contributed by atoms with Crippen LogP contribution >= 0.6 is 0 Å².